The predicted octanol–water partition coefficient (Wildman–Crippen LogP) is 2.86. The Labute approximate surface area is 144 Å². The van der Waals surface area contributed by atoms with Crippen LogP contribution in [-0.4, -0.2) is 26.4 Å². The number of nitrogens with zero attached hydrogens (tertiary/aromatic N) is 2. The minimum absolute atomic E-state index is 0.0228. The van der Waals surface area contributed by atoms with E-state index < -0.39 is 6.10 Å². The molecule has 1 amide bonds. The SMILES string of the molecule is Cc1cn2c(CCC(=O)NC(C)CC(O)c3ccco3)csc2n1. The van der Waals surface area contributed by atoms with Crippen molar-refractivity contribution in [3.63, 3.8) is 0 Å². The Morgan fingerprint density at radius 3 is 3.12 bits per heavy atom. The Morgan fingerprint density at radius 2 is 2.38 bits per heavy atom. The fourth-order valence-electron chi connectivity index (χ4n) is 2.70. The number of aryl methyl sites for hydroxylation is 2. The summed E-state index contributed by atoms with van der Waals surface area (Å²) < 4.78 is 7.21. The Bertz CT molecular complexity index is 806. The Morgan fingerprint density at radius 1 is 1.54 bits per heavy atom. The molecule has 0 fully saturated rings. The van der Waals surface area contributed by atoms with Crippen molar-refractivity contribution < 1.29 is 14.3 Å². The molecule has 3 aromatic heterocycles. The van der Waals surface area contributed by atoms with Crippen LogP contribution in [-0.2, 0) is 11.2 Å². The first kappa shape index (κ1) is 16.7. The summed E-state index contributed by atoms with van der Waals surface area (Å²) in [6.07, 6.45) is 4.30. The maximum Gasteiger partial charge on any atom is 0.220 e. The van der Waals surface area contributed by atoms with Crippen molar-refractivity contribution >= 4 is 22.2 Å². The number of hydrogen-bond donors (Lipinski definition) is 2. The van der Waals surface area contributed by atoms with Gasteiger partial charge in [-0.3, -0.25) is 9.20 Å². The molecule has 3 aromatic rings. The number of aromatic nitrogens is 2. The van der Waals surface area contributed by atoms with E-state index in [0.29, 0.717) is 25.0 Å². The molecule has 2 N–H and O–H groups in total. The summed E-state index contributed by atoms with van der Waals surface area (Å²) in [4.78, 5) is 17.5. The van der Waals surface area contributed by atoms with Crippen LogP contribution in [0, 0.1) is 6.92 Å². The van der Waals surface area contributed by atoms with Crippen LogP contribution in [0.4, 0.5) is 0 Å². The molecular formula is C17H21N3O3S. The van der Waals surface area contributed by atoms with E-state index in [9.17, 15) is 9.90 Å². The molecule has 0 aliphatic carbocycles. The predicted molar refractivity (Wildman–Crippen MR) is 92.0 cm³/mol. The number of furan rings is 1. The number of rotatable bonds is 7. The summed E-state index contributed by atoms with van der Waals surface area (Å²) in [7, 11) is 0. The monoisotopic (exact) mass is 347 g/mol. The molecule has 0 aromatic carbocycles. The van der Waals surface area contributed by atoms with Crippen LogP contribution in [0.15, 0.2) is 34.4 Å². The first-order valence-electron chi connectivity index (χ1n) is 7.96. The molecule has 24 heavy (non-hydrogen) atoms. The van der Waals surface area contributed by atoms with Gasteiger partial charge in [-0.25, -0.2) is 4.98 Å². The van der Waals surface area contributed by atoms with Gasteiger partial charge in [-0.15, -0.1) is 11.3 Å². The third kappa shape index (κ3) is 3.85. The van der Waals surface area contributed by atoms with Crippen LogP contribution >= 0.6 is 11.3 Å². The van der Waals surface area contributed by atoms with Crippen molar-refractivity contribution in [2.45, 2.75) is 45.3 Å². The zero-order valence-corrected chi connectivity index (χ0v) is 14.5. The normalized spacial score (nSPS) is 14.0. The minimum atomic E-state index is -0.708. The average molecular weight is 347 g/mol. The maximum atomic E-state index is 12.1. The molecule has 0 aliphatic rings. The van der Waals surface area contributed by atoms with Crippen LogP contribution in [0.1, 0.15) is 43.0 Å². The van der Waals surface area contributed by atoms with E-state index in [4.69, 9.17) is 4.42 Å². The van der Waals surface area contributed by atoms with Gasteiger partial charge in [-0.2, -0.15) is 0 Å². The lowest BCUT2D eigenvalue weighted by atomic mass is 10.1. The van der Waals surface area contributed by atoms with Gasteiger partial charge in [0.05, 0.1) is 12.0 Å². The van der Waals surface area contributed by atoms with Crippen LogP contribution in [0.2, 0.25) is 0 Å². The Balaban J connectivity index is 1.48. The molecule has 7 heteroatoms. The second kappa shape index (κ2) is 7.19. The second-order valence-corrected chi connectivity index (χ2v) is 6.83. The number of imidazole rings is 1. The topological polar surface area (TPSA) is 79.8 Å². The third-order valence-corrected chi connectivity index (χ3v) is 4.76. The number of amides is 1. The summed E-state index contributed by atoms with van der Waals surface area (Å²) >= 11 is 1.58. The van der Waals surface area contributed by atoms with E-state index in [1.54, 1.807) is 23.5 Å². The van der Waals surface area contributed by atoms with Crippen LogP contribution in [0.3, 0.4) is 0 Å². The van der Waals surface area contributed by atoms with E-state index in [0.717, 1.165) is 16.3 Å². The molecule has 0 spiro atoms. The van der Waals surface area contributed by atoms with Gasteiger partial charge in [0.2, 0.25) is 5.91 Å². The van der Waals surface area contributed by atoms with Crippen molar-refractivity contribution in [1.29, 1.82) is 0 Å². The van der Waals surface area contributed by atoms with Crippen molar-refractivity contribution in [3.05, 3.63) is 47.1 Å². The second-order valence-electron chi connectivity index (χ2n) is 6.00. The van der Waals surface area contributed by atoms with Gasteiger partial charge < -0.3 is 14.8 Å². The molecular weight excluding hydrogens is 326 g/mol. The zero-order chi connectivity index (χ0) is 17.1. The van der Waals surface area contributed by atoms with Crippen LogP contribution in [0.25, 0.3) is 4.96 Å². The van der Waals surface area contributed by atoms with E-state index in [1.165, 1.54) is 6.26 Å². The van der Waals surface area contributed by atoms with Gasteiger partial charge in [0.15, 0.2) is 4.96 Å². The number of hydrogen-bond acceptors (Lipinski definition) is 5. The Kier molecular flexibility index (Phi) is 5.01. The van der Waals surface area contributed by atoms with Crippen LogP contribution < -0.4 is 5.32 Å². The van der Waals surface area contributed by atoms with Gasteiger partial charge in [0.1, 0.15) is 11.9 Å². The standard InChI is InChI=1S/C17H21N3O3S/c1-11(8-14(21)15-4-3-7-23-15)18-16(22)6-5-13-10-24-17-19-12(2)9-20(13)17/h3-4,7,9-11,14,21H,5-6,8H2,1-2H3,(H,18,22). The number of thiazole rings is 1. The zero-order valence-electron chi connectivity index (χ0n) is 13.7. The molecule has 128 valence electrons. The first-order valence-corrected chi connectivity index (χ1v) is 8.84. The van der Waals surface area contributed by atoms with Crippen molar-refractivity contribution in [1.82, 2.24) is 14.7 Å². The molecule has 0 bridgehead atoms. The summed E-state index contributed by atoms with van der Waals surface area (Å²) in [6, 6.07) is 3.34. The highest BCUT2D eigenvalue weighted by Crippen LogP contribution is 2.19. The summed E-state index contributed by atoms with van der Waals surface area (Å²) in [5.74, 6) is 0.498. The van der Waals surface area contributed by atoms with E-state index in [1.807, 2.05) is 29.8 Å². The number of aliphatic hydroxyl groups is 1. The van der Waals surface area contributed by atoms with Crippen molar-refractivity contribution in [2.75, 3.05) is 0 Å². The van der Waals surface area contributed by atoms with Crippen LogP contribution in [0.5, 0.6) is 0 Å². The van der Waals surface area contributed by atoms with Crippen molar-refractivity contribution in [2.24, 2.45) is 0 Å². The van der Waals surface area contributed by atoms with Gasteiger partial charge in [0.25, 0.3) is 0 Å². The molecule has 0 aliphatic heterocycles. The number of fused-ring (bicyclic) bond motifs is 1. The summed E-state index contributed by atoms with van der Waals surface area (Å²) in [5.41, 5.74) is 2.07. The van der Waals surface area contributed by atoms with Gasteiger partial charge >= 0.3 is 0 Å². The molecule has 3 rings (SSSR count). The highest BCUT2D eigenvalue weighted by molar-refractivity contribution is 7.15. The summed E-state index contributed by atoms with van der Waals surface area (Å²) in [5, 5.41) is 15.0. The first-order chi connectivity index (χ1) is 11.5. The molecule has 2 unspecified atom stereocenters. The van der Waals surface area contributed by atoms with Gasteiger partial charge in [0, 0.05) is 36.2 Å². The average Bonchev–Trinajstić information content (AvgIpc) is 3.21. The molecule has 0 saturated carbocycles. The largest absolute Gasteiger partial charge is 0.467 e. The smallest absolute Gasteiger partial charge is 0.220 e. The molecule has 6 nitrogen and oxygen atoms in total. The third-order valence-electron chi connectivity index (χ3n) is 3.87. The quantitative estimate of drug-likeness (QED) is 0.689. The number of carbonyl (C=O) groups is 1. The molecule has 0 radical (unpaired) electrons. The highest BCUT2D eigenvalue weighted by atomic mass is 32.1. The number of nitrogens with one attached hydrogen (secondary N) is 1. The number of carbonyl (C=O) groups excluding carboxylic acids is 1. The summed E-state index contributed by atoms with van der Waals surface area (Å²) in [6.45, 7) is 3.84. The fraction of sp³-hybridized carbons (Fsp3) is 0.412. The van der Waals surface area contributed by atoms with E-state index >= 15 is 0 Å². The number of aliphatic hydroxyl groups excluding tert-OH is 1. The van der Waals surface area contributed by atoms with E-state index in [-0.39, 0.29) is 11.9 Å². The Hall–Kier alpha value is -2.12. The van der Waals surface area contributed by atoms with E-state index in [2.05, 4.69) is 10.3 Å². The lowest BCUT2D eigenvalue weighted by Gasteiger charge is -2.16. The molecule has 3 heterocycles. The molecule has 2 atom stereocenters. The lowest BCUT2D eigenvalue weighted by Crippen LogP contribution is -2.33. The van der Waals surface area contributed by atoms with Crippen molar-refractivity contribution in [3.8, 4) is 0 Å². The fourth-order valence-corrected chi connectivity index (χ4v) is 3.65. The molecule has 0 saturated heterocycles. The maximum absolute atomic E-state index is 12.1. The van der Waals surface area contributed by atoms with Gasteiger partial charge in [-0.1, -0.05) is 0 Å². The van der Waals surface area contributed by atoms with Gasteiger partial charge in [-0.05, 0) is 32.4 Å². The highest BCUT2D eigenvalue weighted by Gasteiger charge is 2.16. The lowest BCUT2D eigenvalue weighted by molar-refractivity contribution is -0.121. The minimum Gasteiger partial charge on any atom is -0.467 e.